The Labute approximate surface area is 243 Å². The maximum Gasteiger partial charge on any atom is 0.262 e. The third-order valence-corrected chi connectivity index (χ3v) is 10.4. The van der Waals surface area contributed by atoms with Crippen molar-refractivity contribution < 1.29 is 22.8 Å². The molecule has 12 heteroatoms. The predicted octanol–water partition coefficient (Wildman–Crippen LogP) is 2.71. The molecule has 3 unspecified atom stereocenters. The van der Waals surface area contributed by atoms with E-state index >= 15 is 0 Å². The van der Waals surface area contributed by atoms with Crippen LogP contribution in [-0.2, 0) is 19.6 Å². The zero-order valence-corrected chi connectivity index (χ0v) is 24.8. The van der Waals surface area contributed by atoms with Crippen LogP contribution in [0.5, 0.6) is 0 Å². The number of sulfonamides is 1. The smallest absolute Gasteiger partial charge is 0.262 e. The van der Waals surface area contributed by atoms with Gasteiger partial charge in [-0.3, -0.25) is 14.4 Å². The number of nitriles is 1. The van der Waals surface area contributed by atoms with Crippen molar-refractivity contribution in [2.24, 2.45) is 5.41 Å². The SMILES string of the molecule is CC(C)(C)C(NC(=O)c1cc2ccccc2s1)C(=O)N1CC2N(C(=O)CNS(=O)(=O)c3ccc(C#N)cc3)CC21C. The van der Waals surface area contributed by atoms with Gasteiger partial charge in [0.15, 0.2) is 0 Å². The van der Waals surface area contributed by atoms with E-state index in [0.29, 0.717) is 17.0 Å². The highest BCUT2D eigenvalue weighted by Crippen LogP contribution is 2.45. The molecule has 41 heavy (non-hydrogen) atoms. The quantitative estimate of drug-likeness (QED) is 0.432. The van der Waals surface area contributed by atoms with Gasteiger partial charge < -0.3 is 15.1 Å². The fourth-order valence-electron chi connectivity index (χ4n) is 5.37. The molecule has 214 valence electrons. The molecule has 2 saturated heterocycles. The van der Waals surface area contributed by atoms with Crippen LogP contribution < -0.4 is 10.0 Å². The normalized spacial score (nSPS) is 20.8. The molecule has 5 rings (SSSR count). The topological polar surface area (TPSA) is 140 Å². The number of hydrogen-bond donors (Lipinski definition) is 2. The first-order valence-electron chi connectivity index (χ1n) is 13.1. The number of carbonyl (C=O) groups excluding carboxylic acids is 3. The third-order valence-electron chi connectivity index (χ3n) is 7.89. The number of benzene rings is 2. The summed E-state index contributed by atoms with van der Waals surface area (Å²) in [5.74, 6) is -0.900. The number of rotatable bonds is 7. The van der Waals surface area contributed by atoms with Crippen LogP contribution in [-0.4, -0.2) is 73.2 Å². The lowest BCUT2D eigenvalue weighted by Crippen LogP contribution is -2.89. The Bertz CT molecular complexity index is 1650. The minimum Gasteiger partial charge on any atom is -0.339 e. The van der Waals surface area contributed by atoms with Crippen molar-refractivity contribution in [1.82, 2.24) is 19.8 Å². The van der Waals surface area contributed by atoms with Crippen molar-refractivity contribution in [2.75, 3.05) is 19.6 Å². The van der Waals surface area contributed by atoms with Crippen LogP contribution in [0.3, 0.4) is 0 Å². The summed E-state index contributed by atoms with van der Waals surface area (Å²) in [5, 5.41) is 12.8. The largest absolute Gasteiger partial charge is 0.339 e. The van der Waals surface area contributed by atoms with E-state index in [0.717, 1.165) is 10.1 Å². The Morgan fingerprint density at radius 2 is 1.83 bits per heavy atom. The lowest BCUT2D eigenvalue weighted by molar-refractivity contribution is -0.206. The lowest BCUT2D eigenvalue weighted by atomic mass is 9.70. The van der Waals surface area contributed by atoms with Gasteiger partial charge in [-0.1, -0.05) is 39.0 Å². The fraction of sp³-hybridized carbons (Fsp3) is 0.379. The van der Waals surface area contributed by atoms with Crippen LogP contribution in [0.2, 0.25) is 0 Å². The average Bonchev–Trinajstić information content (AvgIpc) is 3.37. The molecule has 0 saturated carbocycles. The maximum absolute atomic E-state index is 13.7. The van der Waals surface area contributed by atoms with Crippen molar-refractivity contribution in [1.29, 1.82) is 5.26 Å². The average molecular weight is 594 g/mol. The Hall–Kier alpha value is -3.79. The summed E-state index contributed by atoms with van der Waals surface area (Å²) >= 11 is 1.38. The molecular weight excluding hydrogens is 562 g/mol. The molecule has 0 bridgehead atoms. The molecule has 1 aromatic heterocycles. The van der Waals surface area contributed by atoms with E-state index in [9.17, 15) is 22.8 Å². The van der Waals surface area contributed by atoms with Crippen molar-refractivity contribution in [2.45, 2.75) is 50.2 Å². The molecule has 2 fully saturated rings. The number of hydrogen-bond acceptors (Lipinski definition) is 7. The minimum absolute atomic E-state index is 0.0379. The van der Waals surface area contributed by atoms with Crippen molar-refractivity contribution >= 4 is 49.2 Å². The third kappa shape index (κ3) is 5.21. The Balaban J connectivity index is 1.21. The molecule has 3 atom stereocenters. The number of likely N-dealkylation sites (tertiary alicyclic amines) is 2. The molecule has 10 nitrogen and oxygen atoms in total. The van der Waals surface area contributed by atoms with Gasteiger partial charge in [0.2, 0.25) is 21.8 Å². The van der Waals surface area contributed by atoms with Crippen LogP contribution in [0, 0.1) is 16.7 Å². The zero-order valence-electron chi connectivity index (χ0n) is 23.2. The monoisotopic (exact) mass is 593 g/mol. The van der Waals surface area contributed by atoms with Crippen LogP contribution in [0.25, 0.3) is 10.1 Å². The van der Waals surface area contributed by atoms with Crippen molar-refractivity contribution in [3.8, 4) is 6.07 Å². The summed E-state index contributed by atoms with van der Waals surface area (Å²) in [6.45, 7) is 7.75. The molecule has 3 heterocycles. The number of piperazine rings is 1. The molecule has 0 radical (unpaired) electrons. The van der Waals surface area contributed by atoms with Gasteiger partial charge in [0.25, 0.3) is 5.91 Å². The van der Waals surface area contributed by atoms with Crippen LogP contribution >= 0.6 is 11.3 Å². The predicted molar refractivity (Wildman–Crippen MR) is 154 cm³/mol. The first kappa shape index (κ1) is 28.7. The number of nitrogens with one attached hydrogen (secondary N) is 2. The zero-order chi connectivity index (χ0) is 29.7. The number of thiophene rings is 1. The van der Waals surface area contributed by atoms with Gasteiger partial charge in [-0.15, -0.1) is 11.3 Å². The van der Waals surface area contributed by atoms with E-state index in [1.54, 1.807) is 9.80 Å². The van der Waals surface area contributed by atoms with Crippen LogP contribution in [0.15, 0.2) is 59.5 Å². The summed E-state index contributed by atoms with van der Waals surface area (Å²) in [6.07, 6.45) is 0. The van der Waals surface area contributed by atoms with Gasteiger partial charge in [0.05, 0.1) is 39.5 Å². The number of amides is 3. The highest BCUT2D eigenvalue weighted by atomic mass is 32.2. The standard InChI is InChI=1S/C29H31N5O5S2/c1-28(2,3)25(32-26(36)22-13-19-7-5-6-8-21(19)40-22)27(37)34-16-23-29(34,4)17-33(23)24(35)15-31-41(38,39)20-11-9-18(14-30)10-12-20/h5-13,23,25,31H,15-17H2,1-4H3,(H,32,36). The molecule has 2 N–H and O–H groups in total. The molecule has 2 aliphatic heterocycles. The van der Waals surface area contributed by atoms with Gasteiger partial charge >= 0.3 is 0 Å². The first-order valence-corrected chi connectivity index (χ1v) is 15.4. The van der Waals surface area contributed by atoms with E-state index in [1.807, 2.05) is 64.1 Å². The van der Waals surface area contributed by atoms with Crippen LogP contribution in [0.4, 0.5) is 0 Å². The number of nitrogens with zero attached hydrogens (tertiary/aromatic N) is 3. The lowest BCUT2D eigenvalue weighted by Gasteiger charge is -2.69. The molecule has 3 amide bonds. The molecule has 3 aromatic rings. The molecular formula is C29H31N5O5S2. The van der Waals surface area contributed by atoms with Gasteiger partial charge in [0, 0.05) is 17.8 Å². The maximum atomic E-state index is 13.7. The second-order valence-corrected chi connectivity index (χ2v) is 14.6. The Kier molecular flexibility index (Phi) is 7.18. The summed E-state index contributed by atoms with van der Waals surface area (Å²) < 4.78 is 28.5. The van der Waals surface area contributed by atoms with Gasteiger partial charge in [-0.05, 0) is 54.1 Å². The molecule has 2 aliphatic rings. The summed E-state index contributed by atoms with van der Waals surface area (Å²) in [4.78, 5) is 43.6. The molecule has 2 aromatic carbocycles. The van der Waals surface area contributed by atoms with E-state index in [-0.39, 0.29) is 35.2 Å². The minimum atomic E-state index is -3.93. The summed E-state index contributed by atoms with van der Waals surface area (Å²) in [7, 11) is -3.93. The second-order valence-electron chi connectivity index (χ2n) is 11.7. The second kappa shape index (κ2) is 10.2. The first-order chi connectivity index (χ1) is 19.2. The highest BCUT2D eigenvalue weighted by Gasteiger charge is 2.65. The van der Waals surface area contributed by atoms with E-state index in [1.165, 1.54) is 35.6 Å². The summed E-state index contributed by atoms with van der Waals surface area (Å²) in [5.41, 5.74) is -0.823. The molecule has 0 aliphatic carbocycles. The summed E-state index contributed by atoms with van der Waals surface area (Å²) in [6, 6.07) is 15.9. The molecule has 0 spiro atoms. The van der Waals surface area contributed by atoms with E-state index in [4.69, 9.17) is 5.26 Å². The van der Waals surface area contributed by atoms with E-state index in [2.05, 4.69) is 10.0 Å². The van der Waals surface area contributed by atoms with Gasteiger partial charge in [-0.25, -0.2) is 13.1 Å². The van der Waals surface area contributed by atoms with Gasteiger partial charge in [-0.2, -0.15) is 5.26 Å². The Morgan fingerprint density at radius 1 is 1.15 bits per heavy atom. The van der Waals surface area contributed by atoms with Crippen molar-refractivity contribution in [3.05, 3.63) is 65.0 Å². The number of carbonyl (C=O) groups is 3. The van der Waals surface area contributed by atoms with Crippen LogP contribution in [0.1, 0.15) is 42.9 Å². The number of fused-ring (bicyclic) bond motifs is 2. The Morgan fingerprint density at radius 3 is 2.41 bits per heavy atom. The highest BCUT2D eigenvalue weighted by molar-refractivity contribution is 7.89. The van der Waals surface area contributed by atoms with E-state index < -0.39 is 33.6 Å². The van der Waals surface area contributed by atoms with Crippen molar-refractivity contribution in [3.63, 3.8) is 0 Å². The fourth-order valence-corrected chi connectivity index (χ4v) is 7.31. The van der Waals surface area contributed by atoms with Gasteiger partial charge in [0.1, 0.15) is 6.04 Å².